The highest BCUT2D eigenvalue weighted by atomic mass is 79.9. The number of hydrogen-bond donors (Lipinski definition) is 1. The molecular formula is C12H11Br2N. The zero-order valence-corrected chi connectivity index (χ0v) is 11.3. The second-order valence-electron chi connectivity index (χ2n) is 4.12. The Hall–Kier alpha value is -0.280. The first kappa shape index (κ1) is 9.91. The number of benzene rings is 1. The van der Waals surface area contributed by atoms with E-state index in [1.165, 1.54) is 15.7 Å². The molecule has 78 valence electrons. The van der Waals surface area contributed by atoms with E-state index < -0.39 is 0 Å². The maximum atomic E-state index is 3.76. The van der Waals surface area contributed by atoms with Gasteiger partial charge < -0.3 is 5.32 Å². The van der Waals surface area contributed by atoms with Crippen LogP contribution in [0.3, 0.4) is 0 Å². The predicted octanol–water partition coefficient (Wildman–Crippen LogP) is 4.01. The van der Waals surface area contributed by atoms with Crippen LogP contribution in [0.2, 0.25) is 0 Å². The van der Waals surface area contributed by atoms with Gasteiger partial charge in [-0.2, -0.15) is 0 Å². The Labute approximate surface area is 106 Å². The number of allylic oxidation sites excluding steroid dienone is 1. The van der Waals surface area contributed by atoms with E-state index >= 15 is 0 Å². The number of hydrogen-bond acceptors (Lipinski definition) is 1. The molecule has 0 radical (unpaired) electrons. The van der Waals surface area contributed by atoms with E-state index in [-0.39, 0.29) is 0 Å². The summed E-state index contributed by atoms with van der Waals surface area (Å²) in [5.41, 5.74) is 2.71. The molecule has 0 aromatic heterocycles. The smallest absolute Gasteiger partial charge is 0.0494 e. The molecule has 0 spiro atoms. The van der Waals surface area contributed by atoms with Crippen molar-refractivity contribution in [3.8, 4) is 0 Å². The molecule has 15 heavy (non-hydrogen) atoms. The van der Waals surface area contributed by atoms with E-state index in [0.717, 1.165) is 6.42 Å². The van der Waals surface area contributed by atoms with Crippen molar-refractivity contribution in [2.75, 3.05) is 5.32 Å². The average molecular weight is 329 g/mol. The van der Waals surface area contributed by atoms with Crippen LogP contribution in [-0.4, -0.2) is 10.9 Å². The molecule has 1 nitrogen and oxygen atoms in total. The Bertz CT molecular complexity index is 427. The van der Waals surface area contributed by atoms with Crippen LogP contribution in [-0.2, 0) is 0 Å². The predicted molar refractivity (Wildman–Crippen MR) is 70.9 cm³/mol. The van der Waals surface area contributed by atoms with Crippen molar-refractivity contribution in [3.63, 3.8) is 0 Å². The van der Waals surface area contributed by atoms with E-state index in [2.05, 4.69) is 67.5 Å². The molecule has 1 N–H and O–H groups in total. The largest absolute Gasteiger partial charge is 0.380 e. The van der Waals surface area contributed by atoms with Gasteiger partial charge >= 0.3 is 0 Å². The van der Waals surface area contributed by atoms with Gasteiger partial charge in [-0.3, -0.25) is 0 Å². The maximum absolute atomic E-state index is 3.76. The van der Waals surface area contributed by atoms with Gasteiger partial charge in [-0.05, 0) is 22.5 Å². The molecule has 3 heteroatoms. The van der Waals surface area contributed by atoms with Crippen LogP contribution < -0.4 is 5.32 Å². The summed E-state index contributed by atoms with van der Waals surface area (Å²) >= 11 is 7.38. The van der Waals surface area contributed by atoms with Crippen LogP contribution in [0.1, 0.15) is 17.9 Å². The van der Waals surface area contributed by atoms with E-state index in [1.807, 2.05) is 0 Å². The molecule has 3 rings (SSSR count). The lowest BCUT2D eigenvalue weighted by molar-refractivity contribution is 0.625. The number of nitrogens with one attached hydrogen (secondary N) is 1. The van der Waals surface area contributed by atoms with Gasteiger partial charge in [0.2, 0.25) is 0 Å². The number of rotatable bonds is 0. The van der Waals surface area contributed by atoms with E-state index in [0.29, 0.717) is 16.8 Å². The molecule has 0 fully saturated rings. The Balaban J connectivity index is 2.08. The fraction of sp³-hybridized carbons (Fsp3) is 0.333. The summed E-state index contributed by atoms with van der Waals surface area (Å²) in [6.07, 6.45) is 3.41. The van der Waals surface area contributed by atoms with Gasteiger partial charge in [0, 0.05) is 22.5 Å². The number of fused-ring (bicyclic) bond motifs is 3. The number of anilines is 1. The Morgan fingerprint density at radius 3 is 2.93 bits per heavy atom. The highest BCUT2D eigenvalue weighted by Gasteiger charge is 2.37. The van der Waals surface area contributed by atoms with Gasteiger partial charge in [0.15, 0.2) is 0 Å². The van der Waals surface area contributed by atoms with Crippen molar-refractivity contribution in [2.24, 2.45) is 0 Å². The van der Waals surface area contributed by atoms with Gasteiger partial charge in [0.05, 0.1) is 0 Å². The molecule has 0 saturated carbocycles. The summed E-state index contributed by atoms with van der Waals surface area (Å²) in [6.45, 7) is 0. The van der Waals surface area contributed by atoms with Crippen molar-refractivity contribution in [2.45, 2.75) is 23.2 Å². The van der Waals surface area contributed by atoms with Gasteiger partial charge in [-0.25, -0.2) is 0 Å². The highest BCUT2D eigenvalue weighted by molar-refractivity contribution is 9.12. The summed E-state index contributed by atoms with van der Waals surface area (Å²) in [7, 11) is 0. The highest BCUT2D eigenvalue weighted by Crippen LogP contribution is 2.45. The third kappa shape index (κ3) is 1.56. The number of para-hydroxylation sites is 1. The van der Waals surface area contributed by atoms with E-state index in [4.69, 9.17) is 0 Å². The second kappa shape index (κ2) is 3.63. The van der Waals surface area contributed by atoms with Gasteiger partial charge in [0.1, 0.15) is 0 Å². The number of alkyl halides is 1. The minimum atomic E-state index is 0.503. The van der Waals surface area contributed by atoms with Crippen LogP contribution >= 0.6 is 31.9 Å². The summed E-state index contributed by atoms with van der Waals surface area (Å²) in [6, 6.07) is 9.08. The van der Waals surface area contributed by atoms with Crippen LogP contribution in [0, 0.1) is 0 Å². The molecule has 0 unspecified atom stereocenters. The summed E-state index contributed by atoms with van der Waals surface area (Å²) in [5.74, 6) is 0.508. The van der Waals surface area contributed by atoms with E-state index in [9.17, 15) is 0 Å². The SMILES string of the molecule is BrC1=C[C@@H]2c3ccccc3N[C@H]2[C@H](Br)C1. The summed E-state index contributed by atoms with van der Waals surface area (Å²) in [4.78, 5) is 0.509. The molecule has 1 aromatic rings. The van der Waals surface area contributed by atoms with Crippen LogP contribution in [0.5, 0.6) is 0 Å². The van der Waals surface area contributed by atoms with Crippen LogP contribution in [0.25, 0.3) is 0 Å². The molecule has 0 bridgehead atoms. The van der Waals surface area contributed by atoms with Crippen molar-refractivity contribution in [1.82, 2.24) is 0 Å². The van der Waals surface area contributed by atoms with Crippen molar-refractivity contribution < 1.29 is 0 Å². The lowest BCUT2D eigenvalue weighted by atomic mass is 9.88. The van der Waals surface area contributed by atoms with Crippen molar-refractivity contribution in [3.05, 3.63) is 40.4 Å². The molecule has 1 aliphatic carbocycles. The third-order valence-corrected chi connectivity index (χ3v) is 4.65. The zero-order valence-electron chi connectivity index (χ0n) is 8.08. The first-order chi connectivity index (χ1) is 7.25. The molecule has 0 saturated heterocycles. The third-order valence-electron chi connectivity index (χ3n) is 3.17. The molecule has 3 atom stereocenters. The minimum Gasteiger partial charge on any atom is -0.380 e. The lowest BCUT2D eigenvalue weighted by Gasteiger charge is -2.28. The fourth-order valence-electron chi connectivity index (χ4n) is 2.47. The Morgan fingerprint density at radius 1 is 1.27 bits per heavy atom. The maximum Gasteiger partial charge on any atom is 0.0494 e. The molecule has 1 aromatic carbocycles. The van der Waals surface area contributed by atoms with Gasteiger partial charge in [-0.1, -0.05) is 56.1 Å². The Morgan fingerprint density at radius 2 is 2.07 bits per heavy atom. The van der Waals surface area contributed by atoms with Crippen LogP contribution in [0.4, 0.5) is 5.69 Å². The quantitative estimate of drug-likeness (QED) is 0.709. The minimum absolute atomic E-state index is 0.503. The summed E-state index contributed by atoms with van der Waals surface area (Å²) < 4.78 is 1.31. The topological polar surface area (TPSA) is 12.0 Å². The zero-order chi connectivity index (χ0) is 10.4. The molecule has 2 aliphatic rings. The van der Waals surface area contributed by atoms with Crippen LogP contribution in [0.15, 0.2) is 34.8 Å². The van der Waals surface area contributed by atoms with Gasteiger partial charge in [-0.15, -0.1) is 0 Å². The average Bonchev–Trinajstić information content (AvgIpc) is 2.57. The standard InChI is InChI=1S/C12H11Br2N/c13-7-5-9-8-3-1-2-4-11(8)15-12(9)10(14)6-7/h1-5,9-10,12,15H,6H2/t9-,10-,12-/m1/s1. The first-order valence-corrected chi connectivity index (χ1v) is 6.82. The van der Waals surface area contributed by atoms with Crippen molar-refractivity contribution in [1.29, 1.82) is 0 Å². The second-order valence-corrected chi connectivity index (χ2v) is 6.31. The lowest BCUT2D eigenvalue weighted by Crippen LogP contribution is -2.32. The van der Waals surface area contributed by atoms with Crippen molar-refractivity contribution >= 4 is 37.5 Å². The van der Waals surface area contributed by atoms with Gasteiger partial charge in [0.25, 0.3) is 0 Å². The van der Waals surface area contributed by atoms with E-state index in [1.54, 1.807) is 0 Å². The molecule has 1 aliphatic heterocycles. The first-order valence-electron chi connectivity index (χ1n) is 5.11. The summed E-state index contributed by atoms with van der Waals surface area (Å²) in [5, 5.41) is 3.59. The molecule has 1 heterocycles. The Kier molecular flexibility index (Phi) is 2.40. The fourth-order valence-corrected chi connectivity index (χ4v) is 4.34. The monoisotopic (exact) mass is 327 g/mol. The molecule has 0 amide bonds. The molecular weight excluding hydrogens is 318 g/mol. The number of halogens is 2. The normalized spacial score (nSPS) is 32.7.